The second kappa shape index (κ2) is 29.2. The number of allylic oxidation sites excluding steroid dienone is 8. The molecule has 3 aliphatic heterocycles. The van der Waals surface area contributed by atoms with Gasteiger partial charge in [-0.3, -0.25) is 23.2 Å². The van der Waals surface area contributed by atoms with Crippen LogP contribution in [0.15, 0.2) is 94.4 Å². The minimum absolute atomic E-state index is 0.00890. The number of benzene rings is 2. The highest BCUT2D eigenvalue weighted by Crippen LogP contribution is 2.51. The van der Waals surface area contributed by atoms with Crippen LogP contribution in [0.2, 0.25) is 0 Å². The summed E-state index contributed by atoms with van der Waals surface area (Å²) in [6.45, 7) is 7.81. The van der Waals surface area contributed by atoms with Gasteiger partial charge >= 0.3 is 5.97 Å². The van der Waals surface area contributed by atoms with Gasteiger partial charge in [0.15, 0.2) is 12.3 Å². The third kappa shape index (κ3) is 18.0. The van der Waals surface area contributed by atoms with Gasteiger partial charge in [-0.25, -0.2) is 4.79 Å². The minimum Gasteiger partial charge on any atom is -0.385 e. The molecule has 426 valence electrons. The lowest BCUT2D eigenvalue weighted by Crippen LogP contribution is -2.33. The molecule has 0 saturated carbocycles. The van der Waals surface area contributed by atoms with Crippen molar-refractivity contribution in [2.24, 2.45) is 0 Å². The van der Waals surface area contributed by atoms with Gasteiger partial charge < -0.3 is 42.9 Å². The molecule has 23 nitrogen and oxygen atoms in total. The lowest BCUT2D eigenvalue weighted by Gasteiger charge is -2.30. The number of carbonyl (C=O) groups is 3. The highest BCUT2D eigenvalue weighted by molar-refractivity contribution is 7.86. The molecule has 3 aliphatic rings. The lowest BCUT2D eigenvalue weighted by atomic mass is 9.76. The van der Waals surface area contributed by atoms with Gasteiger partial charge in [-0.1, -0.05) is 30.4 Å². The zero-order chi connectivity index (χ0) is 56.3. The van der Waals surface area contributed by atoms with Crippen LogP contribution < -0.4 is 4.90 Å². The molecule has 3 heterocycles. The summed E-state index contributed by atoms with van der Waals surface area (Å²) in [5, 5.41) is 0.465. The predicted molar refractivity (Wildman–Crippen MR) is 280 cm³/mol. The molecule has 26 heteroatoms. The molecule has 5 rings (SSSR count). The molecule has 1 fully saturated rings. The fourth-order valence-corrected chi connectivity index (χ4v) is 10.6. The lowest BCUT2D eigenvalue weighted by molar-refractivity contribution is -0.442. The number of rotatable bonds is 35. The third-order valence-corrected chi connectivity index (χ3v) is 15.5. The Morgan fingerprint density at radius 1 is 0.649 bits per heavy atom. The van der Waals surface area contributed by atoms with E-state index in [0.717, 1.165) is 5.70 Å². The molecule has 2 aromatic carbocycles. The third-order valence-electron chi connectivity index (χ3n) is 13.0. The summed E-state index contributed by atoms with van der Waals surface area (Å²) >= 11 is 0. The first kappa shape index (κ1) is 62.8. The van der Waals surface area contributed by atoms with E-state index in [1.807, 2.05) is 35.5 Å². The molecule has 0 spiro atoms. The van der Waals surface area contributed by atoms with E-state index in [9.17, 15) is 53.3 Å². The molecule has 0 aliphatic carbocycles. The number of hydrogen-bond donors (Lipinski definition) is 3. The molecular formula is C51H70N3O20S3+. The van der Waals surface area contributed by atoms with Crippen molar-refractivity contribution in [2.75, 3.05) is 117 Å². The van der Waals surface area contributed by atoms with Crippen LogP contribution >= 0.6 is 0 Å². The predicted octanol–water partition coefficient (Wildman–Crippen LogP) is 4.30. The van der Waals surface area contributed by atoms with E-state index in [4.69, 9.17) is 38.0 Å². The zero-order valence-corrected chi connectivity index (χ0v) is 46.2. The van der Waals surface area contributed by atoms with E-state index < -0.39 is 64.7 Å². The van der Waals surface area contributed by atoms with Gasteiger partial charge in [0.1, 0.15) is 6.61 Å². The molecule has 2 amide bonds. The first-order valence-electron chi connectivity index (χ1n) is 24.8. The molecule has 0 radical (unpaired) electrons. The van der Waals surface area contributed by atoms with Gasteiger partial charge in [0, 0.05) is 74.7 Å². The number of nitrogens with zero attached hydrogens (tertiary/aromatic N) is 3. The summed E-state index contributed by atoms with van der Waals surface area (Å²) in [7, 11) is -10.4. The van der Waals surface area contributed by atoms with Crippen molar-refractivity contribution in [3.8, 4) is 0 Å². The van der Waals surface area contributed by atoms with Crippen LogP contribution in [-0.4, -0.2) is 184 Å². The topological polar surface area (TPSA) is 298 Å². The first-order chi connectivity index (χ1) is 36.5. The molecule has 0 bridgehead atoms. The Bertz CT molecular complexity index is 2870. The van der Waals surface area contributed by atoms with Gasteiger partial charge in [-0.2, -0.15) is 29.8 Å². The standard InChI is InChI=1S/C51H69N3O20S3/c1-50(20-10-36-75(58,59)60)41-37-39(76(61,62)63)13-15-43(41)52(23-27-70-30-31-72-34-35-73-33-32-71-29-28-68-4)45(50)11-8-6-5-7-9-12-46-51(2,21-25-67-3)42-38-40(77(64,65)66)14-16-44(42)53(46)22-26-69-24-19-49(57)74-54-47(55)17-18-48(54)56/h5-9,11-16,37-38H,10,17-36H2,1-4H3,(H2-,58,59,60,61,62,63,64,65,66)/p+1. The number of anilines is 1. The van der Waals surface area contributed by atoms with Crippen molar-refractivity contribution in [3.05, 3.63) is 95.8 Å². The highest BCUT2D eigenvalue weighted by Gasteiger charge is 2.48. The van der Waals surface area contributed by atoms with E-state index in [1.54, 1.807) is 49.6 Å². The Hall–Kier alpha value is -5.07. The molecule has 77 heavy (non-hydrogen) atoms. The number of ether oxygens (including phenoxy) is 7. The van der Waals surface area contributed by atoms with Crippen LogP contribution in [0.3, 0.4) is 0 Å². The fraction of sp³-hybridized carbons (Fsp3) is 0.529. The van der Waals surface area contributed by atoms with Crippen molar-refractivity contribution < 1.29 is 95.9 Å². The van der Waals surface area contributed by atoms with Crippen LogP contribution in [0.4, 0.5) is 11.4 Å². The summed E-state index contributed by atoms with van der Waals surface area (Å²) in [5.41, 5.74) is 1.87. The number of hydroxylamine groups is 2. The summed E-state index contributed by atoms with van der Waals surface area (Å²) in [4.78, 5) is 42.4. The first-order valence-corrected chi connectivity index (χ1v) is 29.3. The maximum absolute atomic E-state index is 12.4. The Labute approximate surface area is 450 Å². The van der Waals surface area contributed by atoms with Crippen molar-refractivity contribution in [3.63, 3.8) is 0 Å². The second-order valence-electron chi connectivity index (χ2n) is 18.3. The van der Waals surface area contributed by atoms with Crippen LogP contribution in [-0.2, 0) is 93.6 Å². The van der Waals surface area contributed by atoms with E-state index in [0.29, 0.717) is 79.3 Å². The Morgan fingerprint density at radius 2 is 1.19 bits per heavy atom. The van der Waals surface area contributed by atoms with Crippen LogP contribution in [0.25, 0.3) is 0 Å². The van der Waals surface area contributed by atoms with E-state index in [-0.39, 0.29) is 94.6 Å². The monoisotopic (exact) mass is 1140 g/mol. The second-order valence-corrected chi connectivity index (χ2v) is 22.7. The maximum atomic E-state index is 12.4. The Balaban J connectivity index is 1.36. The van der Waals surface area contributed by atoms with Crippen molar-refractivity contribution in [1.29, 1.82) is 0 Å². The molecule has 2 aromatic rings. The molecule has 2 unspecified atom stereocenters. The minimum atomic E-state index is -4.63. The van der Waals surface area contributed by atoms with E-state index in [1.165, 1.54) is 31.4 Å². The molecule has 0 aromatic heterocycles. The maximum Gasteiger partial charge on any atom is 0.335 e. The van der Waals surface area contributed by atoms with E-state index >= 15 is 0 Å². The molecule has 1 saturated heterocycles. The van der Waals surface area contributed by atoms with Crippen LogP contribution in [0, 0.1) is 0 Å². The van der Waals surface area contributed by atoms with Gasteiger partial charge in [0.05, 0.1) is 93.4 Å². The summed E-state index contributed by atoms with van der Waals surface area (Å²) in [6, 6.07) is 8.52. The number of hydrogen-bond acceptors (Lipinski definition) is 18. The smallest absolute Gasteiger partial charge is 0.335 e. The number of fused-ring (bicyclic) bond motifs is 2. The zero-order valence-electron chi connectivity index (χ0n) is 43.7. The van der Waals surface area contributed by atoms with E-state index in [2.05, 4.69) is 0 Å². The number of methoxy groups -OCH3 is 2. The normalized spacial score (nSPS) is 19.6. The quantitative estimate of drug-likeness (QED) is 0.0285. The number of carbonyl (C=O) groups excluding carboxylic acids is 3. The Kier molecular flexibility index (Phi) is 23.8. The summed E-state index contributed by atoms with van der Waals surface area (Å²) in [5.74, 6) is -2.57. The largest absolute Gasteiger partial charge is 0.385 e. The number of amides is 2. The van der Waals surface area contributed by atoms with Crippen LogP contribution in [0.5, 0.6) is 0 Å². The highest BCUT2D eigenvalue weighted by atomic mass is 32.2. The fourth-order valence-electron chi connectivity index (χ4n) is 9.07. The van der Waals surface area contributed by atoms with Crippen LogP contribution in [0.1, 0.15) is 63.5 Å². The summed E-state index contributed by atoms with van der Waals surface area (Å²) in [6.07, 6.45) is 12.7. The van der Waals surface area contributed by atoms with Crippen molar-refractivity contribution in [2.45, 2.75) is 73.0 Å². The molecular weight excluding hydrogens is 1070 g/mol. The van der Waals surface area contributed by atoms with Crippen molar-refractivity contribution >= 4 is 65.2 Å². The average Bonchev–Trinajstić information content (AvgIpc) is 3.92. The molecule has 2 atom stereocenters. The summed E-state index contributed by atoms with van der Waals surface area (Å²) < 4.78 is 143. The SMILES string of the molecule is COCCOCCOCCOCCOCC[N+]1=C(/C=C/C=C/C=C/C=C2/N(CCOCCC(=O)ON3C(=O)CCC3=O)c3ccc(S(=O)(=O)O)cc3C2(C)CCOC)C(C)(CCCS(=O)(=O)O)c2cc(S(=O)(=O)O)ccc21. The van der Waals surface area contributed by atoms with Gasteiger partial charge in [-0.15, -0.1) is 5.06 Å². The Morgan fingerprint density at radius 3 is 1.79 bits per heavy atom. The average molecular weight is 1140 g/mol. The van der Waals surface area contributed by atoms with Gasteiger partial charge in [-0.05, 0) is 75.1 Å². The molecule has 3 N–H and O–H groups in total. The number of imide groups is 1. The van der Waals surface area contributed by atoms with Gasteiger partial charge in [0.2, 0.25) is 5.69 Å². The van der Waals surface area contributed by atoms with Gasteiger partial charge in [0.25, 0.3) is 42.2 Å². The van der Waals surface area contributed by atoms with Crippen molar-refractivity contribution in [1.82, 2.24) is 5.06 Å².